The van der Waals surface area contributed by atoms with E-state index in [1.165, 1.54) is 16.7 Å². The summed E-state index contributed by atoms with van der Waals surface area (Å²) in [6, 6.07) is 6.43. The lowest BCUT2D eigenvalue weighted by Gasteiger charge is -2.27. The maximum atomic E-state index is 12.1. The SMILES string of the molecule is Cc1ccc(C)c([C@H](C)NCC(=O)N2CCNC(=O)C2)c1. The van der Waals surface area contributed by atoms with Crippen LogP contribution in [0.3, 0.4) is 0 Å². The number of carbonyl (C=O) groups is 2. The van der Waals surface area contributed by atoms with Gasteiger partial charge in [0.1, 0.15) is 0 Å². The molecule has 2 N–H and O–H groups in total. The Hall–Kier alpha value is -1.88. The van der Waals surface area contributed by atoms with Crippen LogP contribution in [0.15, 0.2) is 18.2 Å². The number of aryl methyl sites for hydroxylation is 2. The largest absolute Gasteiger partial charge is 0.353 e. The molecule has 0 radical (unpaired) electrons. The Morgan fingerprint density at radius 1 is 1.43 bits per heavy atom. The summed E-state index contributed by atoms with van der Waals surface area (Å²) in [6.07, 6.45) is 0. The zero-order chi connectivity index (χ0) is 15.4. The molecule has 1 aromatic carbocycles. The number of benzene rings is 1. The van der Waals surface area contributed by atoms with Gasteiger partial charge in [0, 0.05) is 19.1 Å². The molecule has 1 aromatic rings. The van der Waals surface area contributed by atoms with Gasteiger partial charge in [-0.05, 0) is 31.9 Å². The Kier molecular flexibility index (Phi) is 4.96. The third-order valence-corrected chi connectivity index (χ3v) is 3.85. The van der Waals surface area contributed by atoms with E-state index >= 15 is 0 Å². The molecule has 1 fully saturated rings. The molecule has 1 heterocycles. The lowest BCUT2D eigenvalue weighted by atomic mass is 10.00. The minimum atomic E-state index is -0.0859. The maximum absolute atomic E-state index is 12.1. The van der Waals surface area contributed by atoms with Crippen molar-refractivity contribution in [2.75, 3.05) is 26.2 Å². The van der Waals surface area contributed by atoms with Crippen molar-refractivity contribution in [3.63, 3.8) is 0 Å². The molecule has 5 heteroatoms. The van der Waals surface area contributed by atoms with Gasteiger partial charge in [-0.25, -0.2) is 0 Å². The smallest absolute Gasteiger partial charge is 0.239 e. The van der Waals surface area contributed by atoms with Gasteiger partial charge in [0.25, 0.3) is 0 Å². The number of rotatable bonds is 4. The molecule has 1 saturated heterocycles. The molecule has 0 bridgehead atoms. The number of nitrogens with zero attached hydrogens (tertiary/aromatic N) is 1. The molecule has 2 amide bonds. The second kappa shape index (κ2) is 6.72. The first-order valence-corrected chi connectivity index (χ1v) is 7.32. The molecule has 1 atom stereocenters. The van der Waals surface area contributed by atoms with Crippen molar-refractivity contribution in [2.24, 2.45) is 0 Å². The van der Waals surface area contributed by atoms with E-state index < -0.39 is 0 Å². The van der Waals surface area contributed by atoms with Crippen LogP contribution in [0.25, 0.3) is 0 Å². The van der Waals surface area contributed by atoms with Gasteiger partial charge in [-0.1, -0.05) is 23.8 Å². The van der Waals surface area contributed by atoms with Crippen molar-refractivity contribution in [1.82, 2.24) is 15.5 Å². The second-order valence-corrected chi connectivity index (χ2v) is 5.63. The highest BCUT2D eigenvalue weighted by Crippen LogP contribution is 2.18. The molecular weight excluding hydrogens is 266 g/mol. The summed E-state index contributed by atoms with van der Waals surface area (Å²) in [6.45, 7) is 7.73. The van der Waals surface area contributed by atoms with Crippen LogP contribution >= 0.6 is 0 Å². The van der Waals surface area contributed by atoms with Gasteiger partial charge in [-0.2, -0.15) is 0 Å². The van der Waals surface area contributed by atoms with Crippen LogP contribution in [0, 0.1) is 13.8 Å². The maximum Gasteiger partial charge on any atom is 0.239 e. The summed E-state index contributed by atoms with van der Waals surface area (Å²) in [7, 11) is 0. The van der Waals surface area contributed by atoms with Crippen LogP contribution in [-0.2, 0) is 9.59 Å². The van der Waals surface area contributed by atoms with Crippen molar-refractivity contribution in [1.29, 1.82) is 0 Å². The number of piperazine rings is 1. The fourth-order valence-electron chi connectivity index (χ4n) is 2.54. The average Bonchev–Trinajstić information content (AvgIpc) is 2.47. The van der Waals surface area contributed by atoms with E-state index in [1.54, 1.807) is 4.90 Å². The first kappa shape index (κ1) is 15.5. The summed E-state index contributed by atoms with van der Waals surface area (Å²) in [5.41, 5.74) is 3.63. The number of amides is 2. The van der Waals surface area contributed by atoms with Crippen LogP contribution in [0.4, 0.5) is 0 Å². The summed E-state index contributed by atoms with van der Waals surface area (Å²) < 4.78 is 0. The topological polar surface area (TPSA) is 61.4 Å². The Bertz CT molecular complexity index is 542. The van der Waals surface area contributed by atoms with E-state index in [-0.39, 0.29) is 30.9 Å². The zero-order valence-electron chi connectivity index (χ0n) is 12.9. The number of nitrogens with one attached hydrogen (secondary N) is 2. The van der Waals surface area contributed by atoms with Crippen LogP contribution in [0.1, 0.15) is 29.7 Å². The molecule has 5 nitrogen and oxygen atoms in total. The number of carbonyl (C=O) groups excluding carboxylic acids is 2. The van der Waals surface area contributed by atoms with Crippen molar-refractivity contribution >= 4 is 11.8 Å². The fourth-order valence-corrected chi connectivity index (χ4v) is 2.54. The zero-order valence-corrected chi connectivity index (χ0v) is 12.9. The number of hydrogen-bond donors (Lipinski definition) is 2. The number of hydrogen-bond acceptors (Lipinski definition) is 3. The van der Waals surface area contributed by atoms with Gasteiger partial charge in [-0.3, -0.25) is 9.59 Å². The highest BCUT2D eigenvalue weighted by molar-refractivity contribution is 5.86. The van der Waals surface area contributed by atoms with Gasteiger partial charge in [0.2, 0.25) is 11.8 Å². The summed E-state index contributed by atoms with van der Waals surface area (Å²) >= 11 is 0. The monoisotopic (exact) mass is 289 g/mol. The van der Waals surface area contributed by atoms with E-state index in [4.69, 9.17) is 0 Å². The third kappa shape index (κ3) is 4.04. The van der Waals surface area contributed by atoms with Crippen LogP contribution in [0.5, 0.6) is 0 Å². The minimum absolute atomic E-state index is 0.0259. The van der Waals surface area contributed by atoms with E-state index in [9.17, 15) is 9.59 Å². The van der Waals surface area contributed by atoms with Crippen molar-refractivity contribution < 1.29 is 9.59 Å². The van der Waals surface area contributed by atoms with Gasteiger partial charge in [0.05, 0.1) is 13.1 Å². The third-order valence-electron chi connectivity index (χ3n) is 3.85. The van der Waals surface area contributed by atoms with Crippen LogP contribution in [0.2, 0.25) is 0 Å². The molecule has 0 aliphatic carbocycles. The van der Waals surface area contributed by atoms with Gasteiger partial charge < -0.3 is 15.5 Å². The predicted octanol–water partition coefficient (Wildman–Crippen LogP) is 0.912. The summed E-state index contributed by atoms with van der Waals surface area (Å²) in [5, 5.41) is 5.97. The molecular formula is C16H23N3O2. The van der Waals surface area contributed by atoms with Gasteiger partial charge in [-0.15, -0.1) is 0 Å². The van der Waals surface area contributed by atoms with Crippen LogP contribution in [-0.4, -0.2) is 42.9 Å². The molecule has 1 aliphatic heterocycles. The molecule has 1 aliphatic rings. The highest BCUT2D eigenvalue weighted by atomic mass is 16.2. The molecule has 0 spiro atoms. The van der Waals surface area contributed by atoms with E-state index in [0.717, 1.165) is 0 Å². The predicted molar refractivity (Wildman–Crippen MR) is 81.9 cm³/mol. The molecule has 0 saturated carbocycles. The molecule has 2 rings (SSSR count). The lowest BCUT2D eigenvalue weighted by Crippen LogP contribution is -2.52. The fraction of sp³-hybridized carbons (Fsp3) is 0.500. The van der Waals surface area contributed by atoms with Gasteiger partial charge in [0.15, 0.2) is 0 Å². The van der Waals surface area contributed by atoms with Crippen LogP contribution < -0.4 is 10.6 Å². The van der Waals surface area contributed by atoms with Gasteiger partial charge >= 0.3 is 0 Å². The molecule has 0 unspecified atom stereocenters. The highest BCUT2D eigenvalue weighted by Gasteiger charge is 2.21. The van der Waals surface area contributed by atoms with E-state index in [1.807, 2.05) is 0 Å². The Labute approximate surface area is 125 Å². The minimum Gasteiger partial charge on any atom is -0.353 e. The lowest BCUT2D eigenvalue weighted by molar-refractivity contribution is -0.137. The standard InChI is InChI=1S/C16H23N3O2/c1-11-4-5-12(2)14(8-11)13(3)18-9-16(21)19-7-6-17-15(20)10-19/h4-5,8,13,18H,6-7,9-10H2,1-3H3,(H,17,20)/t13-/m0/s1. The van der Waals surface area contributed by atoms with E-state index in [0.29, 0.717) is 13.1 Å². The van der Waals surface area contributed by atoms with Crippen molar-refractivity contribution in [2.45, 2.75) is 26.8 Å². The second-order valence-electron chi connectivity index (χ2n) is 5.63. The average molecular weight is 289 g/mol. The molecule has 0 aromatic heterocycles. The van der Waals surface area contributed by atoms with Crippen molar-refractivity contribution in [3.05, 3.63) is 34.9 Å². The Morgan fingerprint density at radius 3 is 2.90 bits per heavy atom. The molecule has 114 valence electrons. The first-order chi connectivity index (χ1) is 9.97. The Morgan fingerprint density at radius 2 is 2.19 bits per heavy atom. The normalized spacial score (nSPS) is 16.5. The summed E-state index contributed by atoms with van der Waals surface area (Å²) in [5.74, 6) is -0.112. The quantitative estimate of drug-likeness (QED) is 0.866. The summed E-state index contributed by atoms with van der Waals surface area (Å²) in [4.78, 5) is 25.0. The first-order valence-electron chi connectivity index (χ1n) is 7.32. The Balaban J connectivity index is 1.91. The molecule has 21 heavy (non-hydrogen) atoms. The van der Waals surface area contributed by atoms with Crippen molar-refractivity contribution in [3.8, 4) is 0 Å². The van der Waals surface area contributed by atoms with E-state index in [2.05, 4.69) is 49.6 Å².